The number of aryl methyl sites for hydroxylation is 1. The second-order valence-corrected chi connectivity index (χ2v) is 5.17. The maximum Gasteiger partial charge on any atom is 0.257 e. The molecular formula is C15H19N5O3S. The number of nitrogens with one attached hydrogen (secondary N) is 2. The lowest BCUT2D eigenvalue weighted by Gasteiger charge is -2.11. The van der Waals surface area contributed by atoms with Crippen LogP contribution < -0.4 is 14.8 Å². The lowest BCUT2D eigenvalue weighted by atomic mass is 10.2. The first-order chi connectivity index (χ1) is 11.5. The molecule has 0 aliphatic heterocycles. The number of ether oxygens (including phenoxy) is 2. The van der Waals surface area contributed by atoms with Gasteiger partial charge in [-0.15, -0.1) is 0 Å². The summed E-state index contributed by atoms with van der Waals surface area (Å²) in [5.74, 6) is 1.47. The largest absolute Gasteiger partial charge is 0.493 e. The number of carbonyl (C=O) groups excluding carboxylic acids is 1. The molecule has 128 valence electrons. The molecule has 9 heteroatoms. The van der Waals surface area contributed by atoms with E-state index in [9.17, 15) is 4.79 Å². The monoisotopic (exact) mass is 349 g/mol. The van der Waals surface area contributed by atoms with Crippen LogP contribution in [0.15, 0.2) is 23.3 Å². The number of aromatic amines is 1. The minimum absolute atomic E-state index is 0.0684. The molecule has 0 atom stereocenters. The summed E-state index contributed by atoms with van der Waals surface area (Å²) < 4.78 is 12.7. The quantitative estimate of drug-likeness (QED) is 0.586. The van der Waals surface area contributed by atoms with Crippen LogP contribution in [0.1, 0.15) is 18.3 Å². The van der Waals surface area contributed by atoms with Crippen molar-refractivity contribution in [1.82, 2.24) is 20.2 Å². The predicted octanol–water partition coefficient (Wildman–Crippen LogP) is 1.65. The lowest BCUT2D eigenvalue weighted by Crippen LogP contribution is -2.28. The van der Waals surface area contributed by atoms with E-state index in [-0.39, 0.29) is 12.5 Å². The summed E-state index contributed by atoms with van der Waals surface area (Å²) in [4.78, 5) is 11.5. The van der Waals surface area contributed by atoms with Crippen molar-refractivity contribution in [1.29, 1.82) is 0 Å². The van der Waals surface area contributed by atoms with Crippen LogP contribution in [0.25, 0.3) is 0 Å². The maximum atomic E-state index is 11.5. The van der Waals surface area contributed by atoms with Crippen molar-refractivity contribution in [3.8, 4) is 11.5 Å². The van der Waals surface area contributed by atoms with E-state index in [0.717, 1.165) is 5.56 Å². The van der Waals surface area contributed by atoms with E-state index in [1.54, 1.807) is 31.3 Å². The van der Waals surface area contributed by atoms with Gasteiger partial charge in [0.25, 0.3) is 5.91 Å². The highest BCUT2D eigenvalue weighted by Gasteiger charge is 2.08. The Morgan fingerprint density at radius 1 is 1.50 bits per heavy atom. The number of carbonyl (C=O) groups is 1. The molecule has 0 fully saturated rings. The van der Waals surface area contributed by atoms with Crippen LogP contribution in [0.5, 0.6) is 11.5 Å². The molecule has 0 spiro atoms. The fraction of sp³-hybridized carbons (Fsp3) is 0.333. The molecule has 1 aromatic carbocycles. The van der Waals surface area contributed by atoms with E-state index in [0.29, 0.717) is 28.6 Å². The average molecular weight is 349 g/mol. The standard InChI is InChI=1S/C15H19N5O3S/c1-4-16-14(21)9-23-12-6-5-11(7-13(12)22-3)8-17-20-10(2)18-19-15(20)24/h5-8H,4,9H2,1-3H3,(H,16,21)(H,19,24)/b17-8-. The van der Waals surface area contributed by atoms with Crippen LogP contribution in [0.3, 0.4) is 0 Å². The Hall–Kier alpha value is -2.68. The van der Waals surface area contributed by atoms with E-state index >= 15 is 0 Å². The topological polar surface area (TPSA) is 93.5 Å². The van der Waals surface area contributed by atoms with Gasteiger partial charge in [-0.25, -0.2) is 0 Å². The van der Waals surface area contributed by atoms with Gasteiger partial charge in [0.2, 0.25) is 4.77 Å². The van der Waals surface area contributed by atoms with Gasteiger partial charge in [0.05, 0.1) is 13.3 Å². The second-order valence-electron chi connectivity index (χ2n) is 4.78. The molecule has 0 bridgehead atoms. The maximum absolute atomic E-state index is 11.5. The summed E-state index contributed by atoms with van der Waals surface area (Å²) in [7, 11) is 1.53. The predicted molar refractivity (Wildman–Crippen MR) is 92.3 cm³/mol. The molecule has 0 aliphatic rings. The van der Waals surface area contributed by atoms with Crippen LogP contribution in [-0.2, 0) is 4.79 Å². The number of amides is 1. The number of hydrogen-bond donors (Lipinski definition) is 2. The summed E-state index contributed by atoms with van der Waals surface area (Å²) >= 11 is 5.09. The Labute approximate surface area is 144 Å². The van der Waals surface area contributed by atoms with Crippen LogP contribution in [0.2, 0.25) is 0 Å². The van der Waals surface area contributed by atoms with Crippen LogP contribution >= 0.6 is 12.2 Å². The van der Waals surface area contributed by atoms with Crippen molar-refractivity contribution in [2.45, 2.75) is 13.8 Å². The highest BCUT2D eigenvalue weighted by Crippen LogP contribution is 2.27. The van der Waals surface area contributed by atoms with Crippen LogP contribution in [-0.4, -0.2) is 47.3 Å². The number of likely N-dealkylation sites (N-methyl/N-ethyl adjacent to an activating group) is 1. The van der Waals surface area contributed by atoms with Crippen molar-refractivity contribution >= 4 is 24.3 Å². The van der Waals surface area contributed by atoms with Gasteiger partial charge in [-0.1, -0.05) is 0 Å². The highest BCUT2D eigenvalue weighted by atomic mass is 32.1. The van der Waals surface area contributed by atoms with E-state index in [2.05, 4.69) is 20.6 Å². The number of aromatic nitrogens is 3. The summed E-state index contributed by atoms with van der Waals surface area (Å²) in [6.07, 6.45) is 1.63. The molecular weight excluding hydrogens is 330 g/mol. The first kappa shape index (κ1) is 17.7. The number of H-pyrrole nitrogens is 1. The summed E-state index contributed by atoms with van der Waals surface area (Å²) in [5, 5.41) is 13.6. The molecule has 0 unspecified atom stereocenters. The second kappa shape index (κ2) is 8.25. The third-order valence-corrected chi connectivity index (χ3v) is 3.32. The zero-order chi connectivity index (χ0) is 17.5. The molecule has 0 saturated heterocycles. The van der Waals surface area contributed by atoms with Crippen molar-refractivity contribution in [3.05, 3.63) is 34.4 Å². The molecule has 2 rings (SSSR count). The van der Waals surface area contributed by atoms with Gasteiger partial charge in [-0.05, 0) is 49.8 Å². The normalized spacial score (nSPS) is 10.8. The van der Waals surface area contributed by atoms with Gasteiger partial charge in [-0.3, -0.25) is 9.89 Å². The smallest absolute Gasteiger partial charge is 0.257 e. The molecule has 1 amide bonds. The summed E-state index contributed by atoms with van der Waals surface area (Å²) in [5.41, 5.74) is 0.791. The third-order valence-electron chi connectivity index (χ3n) is 3.05. The van der Waals surface area contributed by atoms with E-state index in [1.807, 2.05) is 6.92 Å². The molecule has 8 nitrogen and oxygen atoms in total. The van der Waals surface area contributed by atoms with Gasteiger partial charge >= 0.3 is 0 Å². The minimum atomic E-state index is -0.185. The van der Waals surface area contributed by atoms with Gasteiger partial charge in [0, 0.05) is 6.54 Å². The van der Waals surface area contributed by atoms with E-state index < -0.39 is 0 Å². The third kappa shape index (κ3) is 4.42. The molecule has 2 aromatic rings. The van der Waals surface area contributed by atoms with Crippen molar-refractivity contribution in [3.63, 3.8) is 0 Å². The van der Waals surface area contributed by atoms with Crippen molar-refractivity contribution < 1.29 is 14.3 Å². The minimum Gasteiger partial charge on any atom is -0.493 e. The summed E-state index contributed by atoms with van der Waals surface area (Å²) in [6.45, 7) is 4.13. The lowest BCUT2D eigenvalue weighted by molar-refractivity contribution is -0.123. The number of hydrogen-bond acceptors (Lipinski definition) is 6. The van der Waals surface area contributed by atoms with Gasteiger partial charge in [0.15, 0.2) is 18.1 Å². The Kier molecular flexibility index (Phi) is 6.07. The van der Waals surface area contributed by atoms with Crippen molar-refractivity contribution in [2.75, 3.05) is 20.3 Å². The van der Waals surface area contributed by atoms with Gasteiger partial charge < -0.3 is 14.8 Å². The van der Waals surface area contributed by atoms with E-state index in [4.69, 9.17) is 21.7 Å². The summed E-state index contributed by atoms with van der Waals surface area (Å²) in [6, 6.07) is 5.29. The zero-order valence-electron chi connectivity index (χ0n) is 13.7. The molecule has 0 saturated carbocycles. The number of methoxy groups -OCH3 is 1. The number of nitrogens with zero attached hydrogens (tertiary/aromatic N) is 3. The number of rotatable bonds is 7. The Morgan fingerprint density at radius 3 is 2.92 bits per heavy atom. The molecule has 1 heterocycles. The highest BCUT2D eigenvalue weighted by molar-refractivity contribution is 7.71. The SMILES string of the molecule is CCNC(=O)COc1ccc(/C=N\n2c(C)n[nH]c2=S)cc1OC. The zero-order valence-corrected chi connectivity index (χ0v) is 14.5. The van der Waals surface area contributed by atoms with Crippen LogP contribution in [0, 0.1) is 11.7 Å². The number of benzene rings is 1. The molecule has 24 heavy (non-hydrogen) atoms. The van der Waals surface area contributed by atoms with E-state index in [1.165, 1.54) is 11.8 Å². The molecule has 2 N–H and O–H groups in total. The molecule has 0 radical (unpaired) electrons. The first-order valence-electron chi connectivity index (χ1n) is 7.31. The Morgan fingerprint density at radius 2 is 2.29 bits per heavy atom. The Bertz CT molecular complexity index is 797. The Balaban J connectivity index is 2.13. The average Bonchev–Trinajstić information content (AvgIpc) is 2.90. The van der Waals surface area contributed by atoms with Crippen molar-refractivity contribution in [2.24, 2.45) is 5.10 Å². The fourth-order valence-corrected chi connectivity index (χ4v) is 2.13. The fourth-order valence-electron chi connectivity index (χ4n) is 1.91. The first-order valence-corrected chi connectivity index (χ1v) is 7.72. The van der Waals surface area contributed by atoms with Crippen LogP contribution in [0.4, 0.5) is 0 Å². The van der Waals surface area contributed by atoms with Gasteiger partial charge in [0.1, 0.15) is 5.82 Å². The van der Waals surface area contributed by atoms with Gasteiger partial charge in [-0.2, -0.15) is 14.9 Å². The molecule has 1 aromatic heterocycles. The molecule has 0 aliphatic carbocycles.